The summed E-state index contributed by atoms with van der Waals surface area (Å²) in [5.41, 5.74) is 0.712. The Morgan fingerprint density at radius 1 is 1.41 bits per heavy atom. The van der Waals surface area contributed by atoms with Gasteiger partial charge in [-0.1, -0.05) is 0 Å². The zero-order valence-corrected chi connectivity index (χ0v) is 15.9. The number of amides is 1. The summed E-state index contributed by atoms with van der Waals surface area (Å²) in [5, 5.41) is 22.6. The number of nitrogens with zero attached hydrogens (tertiary/aromatic N) is 1. The third-order valence-electron chi connectivity index (χ3n) is 5.37. The van der Waals surface area contributed by atoms with Crippen molar-refractivity contribution in [2.24, 2.45) is 5.92 Å². The molecule has 3 rings (SSSR count). The summed E-state index contributed by atoms with van der Waals surface area (Å²) in [6, 6.07) is 0. The van der Waals surface area contributed by atoms with Crippen LogP contribution < -0.4 is 5.32 Å². The molecule has 0 aliphatic carbocycles. The lowest BCUT2D eigenvalue weighted by Crippen LogP contribution is -2.55. The maximum atomic E-state index is 12.3. The van der Waals surface area contributed by atoms with Crippen molar-refractivity contribution in [3.05, 3.63) is 22.7 Å². The number of likely N-dealkylation sites (tertiary alicyclic amines) is 1. The van der Waals surface area contributed by atoms with Crippen LogP contribution in [-0.4, -0.2) is 66.3 Å². The Bertz CT molecular complexity index is 665. The first-order valence-corrected chi connectivity index (χ1v) is 9.49. The number of allylic oxidation sites excluding steroid dienone is 2. The second-order valence-corrected chi connectivity index (χ2v) is 7.56. The standard InChI is InChI=1S/C18H27BN2O6/c1-11-3-5-19(25)27-17(11)16(18(23)24)12(2)26-14-9-21(10-14)15(22)7-13-4-6-20-8-13/h13-14,20,25H,3-10H2,1-2H3,(H,23,24)/b16-12-/t13-/m0/s1. The van der Waals surface area contributed by atoms with Crippen LogP contribution >= 0.6 is 0 Å². The van der Waals surface area contributed by atoms with Crippen molar-refractivity contribution in [3.8, 4) is 0 Å². The fourth-order valence-corrected chi connectivity index (χ4v) is 3.72. The number of carboxylic acid groups (broad SMARTS) is 1. The first kappa shape index (κ1) is 19.8. The summed E-state index contributed by atoms with van der Waals surface area (Å²) in [4.78, 5) is 25.8. The molecule has 0 saturated carbocycles. The highest BCUT2D eigenvalue weighted by Gasteiger charge is 2.35. The smallest absolute Gasteiger partial charge is 0.522 e. The topological polar surface area (TPSA) is 108 Å². The highest BCUT2D eigenvalue weighted by atomic mass is 16.5. The number of carbonyl (C=O) groups excluding carboxylic acids is 1. The molecule has 0 aromatic heterocycles. The van der Waals surface area contributed by atoms with E-state index in [1.54, 1.807) is 18.7 Å². The van der Waals surface area contributed by atoms with Crippen LogP contribution in [0.2, 0.25) is 6.32 Å². The molecule has 3 heterocycles. The predicted octanol–water partition coefficient (Wildman–Crippen LogP) is 0.747. The van der Waals surface area contributed by atoms with Crippen molar-refractivity contribution in [2.45, 2.75) is 45.5 Å². The largest absolute Gasteiger partial charge is 0.535 e. The van der Waals surface area contributed by atoms with E-state index in [1.165, 1.54) is 0 Å². The van der Waals surface area contributed by atoms with E-state index in [0.717, 1.165) is 25.1 Å². The number of carbonyl (C=O) groups is 2. The number of hydrogen-bond donors (Lipinski definition) is 3. The molecule has 3 N–H and O–H groups in total. The van der Waals surface area contributed by atoms with Gasteiger partial charge in [0.25, 0.3) is 0 Å². The SMILES string of the molecule is CC1=C(/C(C(=O)O)=C(\C)OC2CN(C(=O)C[C@@H]3CCNC3)C2)OB(O)CC1. The van der Waals surface area contributed by atoms with Gasteiger partial charge < -0.3 is 29.7 Å². The van der Waals surface area contributed by atoms with Crippen LogP contribution in [0.15, 0.2) is 22.7 Å². The van der Waals surface area contributed by atoms with E-state index in [0.29, 0.717) is 38.2 Å². The number of rotatable bonds is 6. The molecule has 0 unspecified atom stereocenters. The highest BCUT2D eigenvalue weighted by Crippen LogP contribution is 2.30. The van der Waals surface area contributed by atoms with Crippen LogP contribution in [0, 0.1) is 5.92 Å². The van der Waals surface area contributed by atoms with Crippen LogP contribution in [-0.2, 0) is 19.0 Å². The van der Waals surface area contributed by atoms with E-state index in [2.05, 4.69) is 5.32 Å². The quantitative estimate of drug-likeness (QED) is 0.356. The Hall–Kier alpha value is -2.00. The van der Waals surface area contributed by atoms with Crippen molar-refractivity contribution in [1.29, 1.82) is 0 Å². The molecule has 27 heavy (non-hydrogen) atoms. The number of hydrogen-bond acceptors (Lipinski definition) is 6. The molecular formula is C18H27BN2O6. The monoisotopic (exact) mass is 378 g/mol. The lowest BCUT2D eigenvalue weighted by molar-refractivity contribution is -0.143. The van der Waals surface area contributed by atoms with Crippen LogP contribution in [0.5, 0.6) is 0 Å². The minimum Gasteiger partial charge on any atom is -0.535 e. The number of nitrogens with one attached hydrogen (secondary N) is 1. The molecule has 0 bridgehead atoms. The molecule has 3 aliphatic rings. The Kier molecular flexibility index (Phi) is 6.11. The zero-order chi connectivity index (χ0) is 19.6. The summed E-state index contributed by atoms with van der Waals surface area (Å²) in [6.07, 6.45) is 2.37. The fraction of sp³-hybridized carbons (Fsp3) is 0.667. The van der Waals surface area contributed by atoms with Crippen molar-refractivity contribution in [1.82, 2.24) is 10.2 Å². The van der Waals surface area contributed by atoms with E-state index in [9.17, 15) is 19.7 Å². The zero-order valence-electron chi connectivity index (χ0n) is 15.9. The molecule has 2 fully saturated rings. The van der Waals surface area contributed by atoms with E-state index in [1.807, 2.05) is 0 Å². The lowest BCUT2D eigenvalue weighted by atomic mass is 9.78. The molecular weight excluding hydrogens is 351 g/mol. The average molecular weight is 378 g/mol. The van der Waals surface area contributed by atoms with Gasteiger partial charge in [-0.05, 0) is 57.6 Å². The van der Waals surface area contributed by atoms with Crippen molar-refractivity contribution in [3.63, 3.8) is 0 Å². The third-order valence-corrected chi connectivity index (χ3v) is 5.37. The Morgan fingerprint density at radius 3 is 2.78 bits per heavy atom. The van der Waals surface area contributed by atoms with Gasteiger partial charge in [0.2, 0.25) is 5.91 Å². The molecule has 1 atom stereocenters. The molecule has 0 aromatic rings. The fourth-order valence-electron chi connectivity index (χ4n) is 3.72. The van der Waals surface area contributed by atoms with Crippen LogP contribution in [0.25, 0.3) is 0 Å². The number of ether oxygens (including phenoxy) is 1. The first-order chi connectivity index (χ1) is 12.8. The second kappa shape index (κ2) is 8.35. The summed E-state index contributed by atoms with van der Waals surface area (Å²) in [7, 11) is -1.01. The average Bonchev–Trinajstić information content (AvgIpc) is 3.06. The van der Waals surface area contributed by atoms with Crippen molar-refractivity contribution >= 4 is 19.0 Å². The van der Waals surface area contributed by atoms with E-state index >= 15 is 0 Å². The van der Waals surface area contributed by atoms with Gasteiger partial charge >= 0.3 is 13.1 Å². The van der Waals surface area contributed by atoms with Crippen LogP contribution in [0.1, 0.15) is 33.1 Å². The summed E-state index contributed by atoms with van der Waals surface area (Å²) >= 11 is 0. The van der Waals surface area contributed by atoms with Gasteiger partial charge in [0.05, 0.1) is 13.1 Å². The molecule has 9 heteroatoms. The molecule has 3 aliphatic heterocycles. The van der Waals surface area contributed by atoms with Crippen LogP contribution in [0.4, 0.5) is 0 Å². The summed E-state index contributed by atoms with van der Waals surface area (Å²) in [6.45, 7) is 6.17. The minimum atomic E-state index is -1.16. The van der Waals surface area contributed by atoms with Crippen molar-refractivity contribution < 1.29 is 29.1 Å². The minimum absolute atomic E-state index is 0.0620. The number of carboxylic acids is 1. The Balaban J connectivity index is 1.59. The lowest BCUT2D eigenvalue weighted by Gasteiger charge is -2.40. The normalized spacial score (nSPS) is 24.3. The van der Waals surface area contributed by atoms with E-state index in [-0.39, 0.29) is 29.1 Å². The van der Waals surface area contributed by atoms with Gasteiger partial charge in [0.1, 0.15) is 23.2 Å². The molecule has 0 spiro atoms. The van der Waals surface area contributed by atoms with Crippen molar-refractivity contribution in [2.75, 3.05) is 26.2 Å². The molecule has 1 amide bonds. The molecule has 148 valence electrons. The Labute approximate surface area is 159 Å². The predicted molar refractivity (Wildman–Crippen MR) is 98.6 cm³/mol. The number of aliphatic carboxylic acids is 1. The van der Waals surface area contributed by atoms with Gasteiger partial charge in [-0.15, -0.1) is 0 Å². The Morgan fingerprint density at radius 2 is 2.15 bits per heavy atom. The highest BCUT2D eigenvalue weighted by molar-refractivity contribution is 6.43. The molecule has 0 aromatic carbocycles. The maximum Gasteiger partial charge on any atom is 0.522 e. The van der Waals surface area contributed by atoms with Gasteiger partial charge in [-0.3, -0.25) is 4.79 Å². The second-order valence-electron chi connectivity index (χ2n) is 7.56. The maximum absolute atomic E-state index is 12.3. The summed E-state index contributed by atoms with van der Waals surface area (Å²) in [5.74, 6) is -0.205. The van der Waals surface area contributed by atoms with E-state index in [4.69, 9.17) is 9.39 Å². The van der Waals surface area contributed by atoms with Gasteiger partial charge in [0, 0.05) is 6.42 Å². The van der Waals surface area contributed by atoms with Gasteiger partial charge in [0.15, 0.2) is 0 Å². The van der Waals surface area contributed by atoms with Gasteiger partial charge in [-0.2, -0.15) is 0 Å². The molecule has 8 nitrogen and oxygen atoms in total. The first-order valence-electron chi connectivity index (χ1n) is 9.49. The van der Waals surface area contributed by atoms with Crippen LogP contribution in [0.3, 0.4) is 0 Å². The van der Waals surface area contributed by atoms with E-state index < -0.39 is 13.1 Å². The third kappa shape index (κ3) is 4.65. The van der Waals surface area contributed by atoms with Gasteiger partial charge in [-0.25, -0.2) is 4.79 Å². The summed E-state index contributed by atoms with van der Waals surface area (Å²) < 4.78 is 11.1. The molecule has 0 radical (unpaired) electrons. The molecule has 2 saturated heterocycles.